The standard InChI is InChI=1S/C15H17ClN2O2S/c1-11(14-7-8-20-17-14)18(2)15(19)10-21-9-12-5-3-4-6-13(12)16/h3-8,11H,9-10H2,1-2H3. The molecule has 21 heavy (non-hydrogen) atoms. The highest BCUT2D eigenvalue weighted by atomic mass is 35.5. The second-order valence-electron chi connectivity index (χ2n) is 4.69. The zero-order chi connectivity index (χ0) is 15.2. The van der Waals surface area contributed by atoms with Crippen molar-refractivity contribution in [3.8, 4) is 0 Å². The molecule has 0 aliphatic heterocycles. The van der Waals surface area contributed by atoms with Crippen molar-refractivity contribution in [2.75, 3.05) is 12.8 Å². The zero-order valence-corrected chi connectivity index (χ0v) is 13.5. The summed E-state index contributed by atoms with van der Waals surface area (Å²) < 4.78 is 4.81. The van der Waals surface area contributed by atoms with Crippen LogP contribution in [-0.2, 0) is 10.5 Å². The lowest BCUT2D eigenvalue weighted by Gasteiger charge is -2.23. The summed E-state index contributed by atoms with van der Waals surface area (Å²) in [5, 5.41) is 4.60. The first-order chi connectivity index (χ1) is 10.1. The van der Waals surface area contributed by atoms with Gasteiger partial charge in [-0.1, -0.05) is 35.0 Å². The Labute approximate surface area is 133 Å². The predicted molar refractivity (Wildman–Crippen MR) is 85.3 cm³/mol. The number of nitrogens with zero attached hydrogens (tertiary/aromatic N) is 2. The van der Waals surface area contributed by atoms with Gasteiger partial charge < -0.3 is 9.42 Å². The van der Waals surface area contributed by atoms with E-state index in [9.17, 15) is 4.79 Å². The first-order valence-corrected chi connectivity index (χ1v) is 8.10. The highest BCUT2D eigenvalue weighted by Gasteiger charge is 2.19. The van der Waals surface area contributed by atoms with Crippen molar-refractivity contribution < 1.29 is 9.32 Å². The van der Waals surface area contributed by atoms with E-state index in [1.807, 2.05) is 31.2 Å². The van der Waals surface area contributed by atoms with Gasteiger partial charge in [-0.2, -0.15) is 0 Å². The van der Waals surface area contributed by atoms with Crippen LogP contribution in [0.15, 0.2) is 41.1 Å². The van der Waals surface area contributed by atoms with Gasteiger partial charge in [0, 0.05) is 23.9 Å². The molecule has 4 nitrogen and oxygen atoms in total. The maximum absolute atomic E-state index is 12.2. The Hall–Kier alpha value is -1.46. The molecule has 0 N–H and O–H groups in total. The van der Waals surface area contributed by atoms with Crippen molar-refractivity contribution in [1.82, 2.24) is 10.1 Å². The van der Waals surface area contributed by atoms with Crippen LogP contribution in [0, 0.1) is 0 Å². The molecule has 2 aromatic rings. The number of rotatable bonds is 6. The second kappa shape index (κ2) is 7.52. The molecule has 1 amide bonds. The van der Waals surface area contributed by atoms with Crippen LogP contribution in [0.5, 0.6) is 0 Å². The fraction of sp³-hybridized carbons (Fsp3) is 0.333. The van der Waals surface area contributed by atoms with Crippen molar-refractivity contribution in [3.05, 3.63) is 52.9 Å². The number of hydrogen-bond acceptors (Lipinski definition) is 4. The second-order valence-corrected chi connectivity index (χ2v) is 6.08. The van der Waals surface area contributed by atoms with E-state index < -0.39 is 0 Å². The molecule has 0 aliphatic carbocycles. The van der Waals surface area contributed by atoms with E-state index in [0.29, 0.717) is 5.75 Å². The third-order valence-electron chi connectivity index (χ3n) is 3.30. The van der Waals surface area contributed by atoms with Gasteiger partial charge in [0.25, 0.3) is 0 Å². The number of benzene rings is 1. The predicted octanol–water partition coefficient (Wildman–Crippen LogP) is 3.78. The summed E-state index contributed by atoms with van der Waals surface area (Å²) in [6.45, 7) is 1.93. The van der Waals surface area contributed by atoms with Crippen molar-refractivity contribution >= 4 is 29.3 Å². The summed E-state index contributed by atoms with van der Waals surface area (Å²) in [6, 6.07) is 9.35. The summed E-state index contributed by atoms with van der Waals surface area (Å²) in [5.41, 5.74) is 1.80. The van der Waals surface area contributed by atoms with Crippen LogP contribution in [0.4, 0.5) is 0 Å². The molecule has 0 saturated carbocycles. The Kier molecular flexibility index (Phi) is 5.70. The lowest BCUT2D eigenvalue weighted by molar-refractivity contribution is -0.129. The van der Waals surface area contributed by atoms with Crippen LogP contribution < -0.4 is 0 Å². The van der Waals surface area contributed by atoms with Gasteiger partial charge in [-0.25, -0.2) is 0 Å². The third-order valence-corrected chi connectivity index (χ3v) is 4.64. The van der Waals surface area contributed by atoms with E-state index in [1.165, 1.54) is 6.26 Å². The number of amides is 1. The van der Waals surface area contributed by atoms with Crippen LogP contribution in [0.25, 0.3) is 0 Å². The summed E-state index contributed by atoms with van der Waals surface area (Å²) in [4.78, 5) is 13.8. The Morgan fingerprint density at radius 2 is 2.19 bits per heavy atom. The molecule has 1 atom stereocenters. The minimum Gasteiger partial charge on any atom is -0.364 e. The number of aromatic nitrogens is 1. The maximum Gasteiger partial charge on any atom is 0.232 e. The zero-order valence-electron chi connectivity index (χ0n) is 12.0. The van der Waals surface area contributed by atoms with Gasteiger partial charge >= 0.3 is 0 Å². The largest absolute Gasteiger partial charge is 0.364 e. The highest BCUT2D eigenvalue weighted by Crippen LogP contribution is 2.22. The Bertz CT molecular complexity index is 589. The van der Waals surface area contributed by atoms with Gasteiger partial charge in [-0.3, -0.25) is 4.79 Å². The van der Waals surface area contributed by atoms with Crippen LogP contribution in [0.1, 0.15) is 24.2 Å². The Morgan fingerprint density at radius 3 is 2.86 bits per heavy atom. The average Bonchev–Trinajstić information content (AvgIpc) is 3.01. The van der Waals surface area contributed by atoms with Crippen LogP contribution in [0.3, 0.4) is 0 Å². The van der Waals surface area contributed by atoms with Crippen molar-refractivity contribution in [3.63, 3.8) is 0 Å². The van der Waals surface area contributed by atoms with E-state index in [0.717, 1.165) is 22.0 Å². The third kappa shape index (κ3) is 4.25. The van der Waals surface area contributed by atoms with Crippen molar-refractivity contribution in [2.45, 2.75) is 18.7 Å². The molecule has 1 aromatic carbocycles. The number of halogens is 1. The first-order valence-electron chi connectivity index (χ1n) is 6.56. The van der Waals surface area contributed by atoms with Gasteiger partial charge in [-0.15, -0.1) is 11.8 Å². The SMILES string of the molecule is CC(c1ccon1)N(C)C(=O)CSCc1ccccc1Cl. The molecule has 112 valence electrons. The molecule has 0 radical (unpaired) electrons. The summed E-state index contributed by atoms with van der Waals surface area (Å²) >= 11 is 7.64. The van der Waals surface area contributed by atoms with Crippen LogP contribution in [-0.4, -0.2) is 28.8 Å². The van der Waals surface area contributed by atoms with E-state index in [1.54, 1.807) is 29.8 Å². The molecule has 0 aliphatic rings. The Morgan fingerprint density at radius 1 is 1.43 bits per heavy atom. The number of carbonyl (C=O) groups is 1. The highest BCUT2D eigenvalue weighted by molar-refractivity contribution is 7.99. The van der Waals surface area contributed by atoms with Crippen LogP contribution >= 0.6 is 23.4 Å². The Balaban J connectivity index is 1.83. The molecule has 0 spiro atoms. The van der Waals surface area contributed by atoms with Gasteiger partial charge in [0.05, 0.1) is 11.8 Å². The van der Waals surface area contributed by atoms with Crippen molar-refractivity contribution in [2.24, 2.45) is 0 Å². The topological polar surface area (TPSA) is 46.3 Å². The molecule has 0 fully saturated rings. The molecular formula is C15H17ClN2O2S. The van der Waals surface area contributed by atoms with Gasteiger partial charge in [0.1, 0.15) is 12.0 Å². The minimum atomic E-state index is -0.0998. The quantitative estimate of drug-likeness (QED) is 0.811. The van der Waals surface area contributed by atoms with Gasteiger partial charge in [0.15, 0.2) is 0 Å². The smallest absolute Gasteiger partial charge is 0.232 e. The molecule has 0 bridgehead atoms. The molecule has 2 rings (SSSR count). The fourth-order valence-corrected chi connectivity index (χ4v) is 3.05. The summed E-state index contributed by atoms with van der Waals surface area (Å²) in [5.74, 6) is 1.18. The lowest BCUT2D eigenvalue weighted by Crippen LogP contribution is -2.31. The molecule has 6 heteroatoms. The molecule has 0 saturated heterocycles. The summed E-state index contributed by atoms with van der Waals surface area (Å²) in [6.07, 6.45) is 1.51. The molecule has 1 unspecified atom stereocenters. The fourth-order valence-electron chi connectivity index (χ4n) is 1.82. The van der Waals surface area contributed by atoms with E-state index in [4.69, 9.17) is 16.1 Å². The van der Waals surface area contributed by atoms with E-state index >= 15 is 0 Å². The number of carbonyl (C=O) groups excluding carboxylic acids is 1. The van der Waals surface area contributed by atoms with E-state index in [2.05, 4.69) is 5.16 Å². The number of hydrogen-bond donors (Lipinski definition) is 0. The normalized spacial score (nSPS) is 12.1. The van der Waals surface area contributed by atoms with Crippen LogP contribution in [0.2, 0.25) is 5.02 Å². The van der Waals surface area contributed by atoms with Gasteiger partial charge in [-0.05, 0) is 18.6 Å². The maximum atomic E-state index is 12.2. The molecule has 1 aromatic heterocycles. The minimum absolute atomic E-state index is 0.0579. The summed E-state index contributed by atoms with van der Waals surface area (Å²) in [7, 11) is 1.78. The lowest BCUT2D eigenvalue weighted by atomic mass is 10.2. The van der Waals surface area contributed by atoms with E-state index in [-0.39, 0.29) is 11.9 Å². The molecular weight excluding hydrogens is 308 g/mol. The monoisotopic (exact) mass is 324 g/mol. The average molecular weight is 325 g/mol. The van der Waals surface area contributed by atoms with Gasteiger partial charge in [0.2, 0.25) is 5.91 Å². The molecule has 1 heterocycles. The first kappa shape index (κ1) is 15.9. The van der Waals surface area contributed by atoms with Crippen molar-refractivity contribution in [1.29, 1.82) is 0 Å². The number of thioether (sulfide) groups is 1.